The summed E-state index contributed by atoms with van der Waals surface area (Å²) in [6, 6.07) is 7.77. The molecule has 0 saturated carbocycles. The van der Waals surface area contributed by atoms with Crippen molar-refractivity contribution in [2.24, 2.45) is 0 Å². The Morgan fingerprint density at radius 3 is 2.73 bits per heavy atom. The Hall–Kier alpha value is -0.180. The highest BCUT2D eigenvalue weighted by atomic mass is 35.5. The van der Waals surface area contributed by atoms with Gasteiger partial charge in [0.2, 0.25) is 0 Å². The molecular weight excluding hydrogens is 228 g/mol. The Morgan fingerprint density at radius 1 is 1.40 bits per heavy atom. The summed E-state index contributed by atoms with van der Waals surface area (Å²) in [5.74, 6) is 2.38. The van der Waals surface area contributed by atoms with E-state index in [0.717, 1.165) is 28.5 Å². The molecule has 0 heterocycles. The molecule has 0 aromatic heterocycles. The smallest absolute Gasteiger partial charge is 0.0500 e. The molecule has 1 N–H and O–H groups in total. The van der Waals surface area contributed by atoms with Gasteiger partial charge in [-0.2, -0.15) is 11.8 Å². The lowest BCUT2D eigenvalue weighted by Gasteiger charge is -2.15. The van der Waals surface area contributed by atoms with E-state index in [1.54, 1.807) is 0 Å². The third-order valence-electron chi connectivity index (χ3n) is 2.38. The van der Waals surface area contributed by atoms with Gasteiger partial charge < -0.3 is 5.11 Å². The Labute approximate surface area is 101 Å². The summed E-state index contributed by atoms with van der Waals surface area (Å²) in [6.07, 6.45) is 0.985. The van der Waals surface area contributed by atoms with Crippen LogP contribution in [0.4, 0.5) is 0 Å². The number of aliphatic hydroxyl groups excluding tert-OH is 1. The first-order chi connectivity index (χ1) is 7.29. The van der Waals surface area contributed by atoms with Gasteiger partial charge in [0.05, 0.1) is 6.61 Å². The van der Waals surface area contributed by atoms with E-state index in [4.69, 9.17) is 11.6 Å². The van der Waals surface area contributed by atoms with Crippen molar-refractivity contribution in [3.63, 3.8) is 0 Å². The Morgan fingerprint density at radius 2 is 2.13 bits per heavy atom. The Balaban J connectivity index is 2.61. The predicted octanol–water partition coefficient (Wildman–Crippen LogP) is 3.56. The second-order valence-corrected chi connectivity index (χ2v) is 5.19. The van der Waals surface area contributed by atoms with E-state index in [0.29, 0.717) is 0 Å². The molecule has 1 unspecified atom stereocenters. The van der Waals surface area contributed by atoms with Gasteiger partial charge in [0.25, 0.3) is 0 Å². The number of hydrogen-bond donors (Lipinski definition) is 1. The summed E-state index contributed by atoms with van der Waals surface area (Å²) in [4.78, 5) is 0. The first-order valence-corrected chi connectivity index (χ1v) is 6.75. The van der Waals surface area contributed by atoms with Crippen molar-refractivity contribution in [3.8, 4) is 0 Å². The summed E-state index contributed by atoms with van der Waals surface area (Å²) in [5.41, 5.74) is 1.07. The zero-order valence-corrected chi connectivity index (χ0v) is 10.5. The van der Waals surface area contributed by atoms with Crippen LogP contribution in [0.2, 0.25) is 5.02 Å². The number of benzene rings is 1. The van der Waals surface area contributed by atoms with Crippen LogP contribution in [0.25, 0.3) is 0 Å². The van der Waals surface area contributed by atoms with Gasteiger partial charge in [0.1, 0.15) is 0 Å². The van der Waals surface area contributed by atoms with Gasteiger partial charge in [-0.25, -0.2) is 0 Å². The minimum atomic E-state index is 0.175. The summed E-state index contributed by atoms with van der Waals surface area (Å²) < 4.78 is 0. The molecule has 0 fully saturated rings. The molecule has 1 aromatic rings. The average Bonchev–Trinajstić information content (AvgIpc) is 2.26. The molecular formula is C12H17ClOS. The van der Waals surface area contributed by atoms with E-state index < -0.39 is 0 Å². The lowest BCUT2D eigenvalue weighted by Crippen LogP contribution is -2.06. The number of halogens is 1. The number of hydrogen-bond acceptors (Lipinski definition) is 2. The normalized spacial score (nSPS) is 12.7. The van der Waals surface area contributed by atoms with Gasteiger partial charge in [-0.15, -0.1) is 0 Å². The van der Waals surface area contributed by atoms with E-state index in [-0.39, 0.29) is 12.5 Å². The maximum Gasteiger partial charge on any atom is 0.0500 e. The van der Waals surface area contributed by atoms with Crippen LogP contribution in [0, 0.1) is 0 Å². The van der Waals surface area contributed by atoms with E-state index >= 15 is 0 Å². The lowest BCUT2D eigenvalue weighted by atomic mass is 9.97. The van der Waals surface area contributed by atoms with Crippen LogP contribution in [-0.4, -0.2) is 23.2 Å². The van der Waals surface area contributed by atoms with Gasteiger partial charge in [0, 0.05) is 10.9 Å². The van der Waals surface area contributed by atoms with Crippen LogP contribution >= 0.6 is 23.4 Å². The fraction of sp³-hybridized carbons (Fsp3) is 0.500. The molecule has 0 amide bonds. The minimum absolute atomic E-state index is 0.175. The van der Waals surface area contributed by atoms with Crippen LogP contribution in [-0.2, 0) is 0 Å². The number of thioether (sulfide) groups is 1. The topological polar surface area (TPSA) is 20.2 Å². The third kappa shape index (κ3) is 4.06. The van der Waals surface area contributed by atoms with Crippen LogP contribution in [0.3, 0.4) is 0 Å². The van der Waals surface area contributed by atoms with Gasteiger partial charge in [-0.05, 0) is 29.6 Å². The predicted molar refractivity (Wildman–Crippen MR) is 68.9 cm³/mol. The largest absolute Gasteiger partial charge is 0.396 e. The van der Waals surface area contributed by atoms with E-state index in [2.05, 4.69) is 6.92 Å². The second-order valence-electron chi connectivity index (χ2n) is 3.39. The number of rotatable bonds is 6. The highest BCUT2D eigenvalue weighted by molar-refractivity contribution is 7.99. The van der Waals surface area contributed by atoms with Gasteiger partial charge in [-0.1, -0.05) is 36.7 Å². The molecule has 0 spiro atoms. The van der Waals surface area contributed by atoms with Crippen LogP contribution in [0.15, 0.2) is 24.3 Å². The molecule has 0 aliphatic heterocycles. The Bertz CT molecular complexity index is 291. The van der Waals surface area contributed by atoms with Crippen LogP contribution in [0.5, 0.6) is 0 Å². The van der Waals surface area contributed by atoms with Crippen molar-refractivity contribution in [1.29, 1.82) is 0 Å². The van der Waals surface area contributed by atoms with Gasteiger partial charge in [0.15, 0.2) is 0 Å². The fourth-order valence-corrected chi connectivity index (χ4v) is 2.55. The molecule has 1 rings (SSSR count). The standard InChI is InChI=1S/C12H17ClOS/c1-2-15-8-7-10(9-14)11-5-3-4-6-12(11)13/h3-6,10,14H,2,7-9H2,1H3. The molecule has 1 aromatic carbocycles. The van der Waals surface area contributed by atoms with E-state index in [1.165, 1.54) is 0 Å². The lowest BCUT2D eigenvalue weighted by molar-refractivity contribution is 0.263. The van der Waals surface area contributed by atoms with Crippen molar-refractivity contribution in [3.05, 3.63) is 34.9 Å². The van der Waals surface area contributed by atoms with Gasteiger partial charge in [-0.3, -0.25) is 0 Å². The molecule has 0 bridgehead atoms. The monoisotopic (exact) mass is 244 g/mol. The minimum Gasteiger partial charge on any atom is -0.396 e. The molecule has 0 aliphatic carbocycles. The van der Waals surface area contributed by atoms with Crippen molar-refractivity contribution >= 4 is 23.4 Å². The molecule has 3 heteroatoms. The maximum absolute atomic E-state index is 9.34. The summed E-state index contributed by atoms with van der Waals surface area (Å²) in [6.45, 7) is 2.32. The van der Waals surface area contributed by atoms with Crippen LogP contribution in [0.1, 0.15) is 24.8 Å². The maximum atomic E-state index is 9.34. The van der Waals surface area contributed by atoms with Crippen molar-refractivity contribution in [1.82, 2.24) is 0 Å². The zero-order chi connectivity index (χ0) is 11.1. The van der Waals surface area contributed by atoms with Crippen molar-refractivity contribution in [2.75, 3.05) is 18.1 Å². The Kier molecular flexibility index (Phi) is 6.15. The average molecular weight is 245 g/mol. The zero-order valence-electron chi connectivity index (χ0n) is 8.95. The SMILES string of the molecule is CCSCCC(CO)c1ccccc1Cl. The second kappa shape index (κ2) is 7.15. The fourth-order valence-electron chi connectivity index (χ4n) is 1.52. The highest BCUT2D eigenvalue weighted by Crippen LogP contribution is 2.27. The van der Waals surface area contributed by atoms with Gasteiger partial charge >= 0.3 is 0 Å². The molecule has 84 valence electrons. The molecule has 1 atom stereocenters. The summed E-state index contributed by atoms with van der Waals surface area (Å²) in [7, 11) is 0. The van der Waals surface area contributed by atoms with E-state index in [1.807, 2.05) is 36.0 Å². The summed E-state index contributed by atoms with van der Waals surface area (Å²) in [5, 5.41) is 10.1. The van der Waals surface area contributed by atoms with Crippen LogP contribution < -0.4 is 0 Å². The first kappa shape index (κ1) is 12.9. The summed E-state index contributed by atoms with van der Waals surface area (Å²) >= 11 is 7.99. The molecule has 1 nitrogen and oxygen atoms in total. The van der Waals surface area contributed by atoms with E-state index in [9.17, 15) is 5.11 Å². The quantitative estimate of drug-likeness (QED) is 0.773. The molecule has 0 aliphatic rings. The number of aliphatic hydroxyl groups is 1. The molecule has 15 heavy (non-hydrogen) atoms. The molecule has 0 radical (unpaired) electrons. The first-order valence-electron chi connectivity index (χ1n) is 5.22. The highest BCUT2D eigenvalue weighted by Gasteiger charge is 2.12. The van der Waals surface area contributed by atoms with Crippen molar-refractivity contribution in [2.45, 2.75) is 19.3 Å². The molecule has 0 saturated heterocycles. The van der Waals surface area contributed by atoms with Crippen molar-refractivity contribution < 1.29 is 5.11 Å². The third-order valence-corrected chi connectivity index (χ3v) is 3.66.